The molecule has 0 aliphatic carbocycles. The summed E-state index contributed by atoms with van der Waals surface area (Å²) >= 11 is 0. The Morgan fingerprint density at radius 2 is 1.65 bits per heavy atom. The van der Waals surface area contributed by atoms with E-state index in [0.29, 0.717) is 0 Å². The number of aromatic nitrogens is 1. The van der Waals surface area contributed by atoms with Gasteiger partial charge in [-0.2, -0.15) is 0 Å². The van der Waals surface area contributed by atoms with Gasteiger partial charge in [0.05, 0.1) is 0 Å². The summed E-state index contributed by atoms with van der Waals surface area (Å²) in [6.07, 6.45) is 3.67. The van der Waals surface area contributed by atoms with Crippen molar-refractivity contribution in [3.8, 4) is 11.1 Å². The van der Waals surface area contributed by atoms with Crippen LogP contribution in [0.3, 0.4) is 0 Å². The van der Waals surface area contributed by atoms with Gasteiger partial charge in [-0.3, -0.25) is 4.98 Å². The van der Waals surface area contributed by atoms with Crippen molar-refractivity contribution < 1.29 is 0 Å². The predicted molar refractivity (Wildman–Crippen MR) is 84.1 cm³/mol. The van der Waals surface area contributed by atoms with E-state index < -0.39 is 0 Å². The predicted octanol–water partition coefficient (Wildman–Crippen LogP) is 4.80. The van der Waals surface area contributed by atoms with Crippen LogP contribution in [0.1, 0.15) is 5.56 Å². The average molecular weight is 260 g/mol. The number of rotatable bonds is 3. The lowest BCUT2D eigenvalue weighted by Crippen LogP contribution is -1.90. The van der Waals surface area contributed by atoms with Crippen molar-refractivity contribution in [3.63, 3.8) is 0 Å². The first kappa shape index (κ1) is 12.4. The smallest absolute Gasteiger partial charge is 0.0386 e. The van der Waals surface area contributed by atoms with E-state index in [1.807, 2.05) is 12.3 Å². The monoisotopic (exact) mass is 260 g/mol. The summed E-state index contributed by atoms with van der Waals surface area (Å²) < 4.78 is 0. The molecule has 20 heavy (non-hydrogen) atoms. The Labute approximate surface area is 119 Å². The molecule has 0 atom stereocenters. The van der Waals surface area contributed by atoms with Gasteiger partial charge in [-0.25, -0.2) is 0 Å². The molecule has 1 aromatic heterocycles. The standard InChI is InChI=1S/C18H16N2/c1-14-4-2-6-18(12-14)20-17-9-7-15(8-10-17)16-5-3-11-19-13-16/h2-13,20H,1H3. The van der Waals surface area contributed by atoms with E-state index in [4.69, 9.17) is 0 Å². The highest BCUT2D eigenvalue weighted by atomic mass is 14.9. The summed E-state index contributed by atoms with van der Waals surface area (Å²) in [5.74, 6) is 0. The third-order valence-corrected chi connectivity index (χ3v) is 3.19. The first-order valence-corrected chi connectivity index (χ1v) is 6.65. The molecule has 98 valence electrons. The molecule has 2 heteroatoms. The average Bonchev–Trinajstić information content (AvgIpc) is 2.49. The van der Waals surface area contributed by atoms with Crippen LogP contribution >= 0.6 is 0 Å². The summed E-state index contributed by atoms with van der Waals surface area (Å²) in [6.45, 7) is 2.09. The van der Waals surface area contributed by atoms with Crippen LogP contribution in [-0.4, -0.2) is 4.98 Å². The molecule has 1 heterocycles. The molecule has 0 fully saturated rings. The highest BCUT2D eigenvalue weighted by molar-refractivity contribution is 5.67. The number of anilines is 2. The molecular weight excluding hydrogens is 244 g/mol. The normalized spacial score (nSPS) is 10.2. The zero-order valence-electron chi connectivity index (χ0n) is 11.4. The first-order chi connectivity index (χ1) is 9.81. The van der Waals surface area contributed by atoms with Gasteiger partial charge in [0.2, 0.25) is 0 Å². The van der Waals surface area contributed by atoms with Gasteiger partial charge >= 0.3 is 0 Å². The fraction of sp³-hybridized carbons (Fsp3) is 0.0556. The SMILES string of the molecule is Cc1cccc(Nc2ccc(-c3cccnc3)cc2)c1. The number of aryl methyl sites for hydroxylation is 1. The minimum atomic E-state index is 1.09. The van der Waals surface area contributed by atoms with Crippen LogP contribution in [0.2, 0.25) is 0 Å². The summed E-state index contributed by atoms with van der Waals surface area (Å²) in [7, 11) is 0. The minimum Gasteiger partial charge on any atom is -0.356 e. The van der Waals surface area contributed by atoms with Gasteiger partial charge in [0.25, 0.3) is 0 Å². The second-order valence-corrected chi connectivity index (χ2v) is 4.81. The van der Waals surface area contributed by atoms with Crippen molar-refractivity contribution in [2.75, 3.05) is 5.32 Å². The highest BCUT2D eigenvalue weighted by Gasteiger charge is 1.98. The molecule has 0 aliphatic rings. The van der Waals surface area contributed by atoms with Crippen molar-refractivity contribution in [3.05, 3.63) is 78.6 Å². The van der Waals surface area contributed by atoms with Gasteiger partial charge in [-0.15, -0.1) is 0 Å². The maximum Gasteiger partial charge on any atom is 0.0386 e. The Morgan fingerprint density at radius 1 is 0.800 bits per heavy atom. The van der Waals surface area contributed by atoms with E-state index in [9.17, 15) is 0 Å². The number of hydrogen-bond acceptors (Lipinski definition) is 2. The van der Waals surface area contributed by atoms with Crippen LogP contribution in [0, 0.1) is 6.92 Å². The Morgan fingerprint density at radius 3 is 2.35 bits per heavy atom. The Hall–Kier alpha value is -2.61. The molecule has 3 rings (SSSR count). The van der Waals surface area contributed by atoms with E-state index in [0.717, 1.165) is 16.9 Å². The third kappa shape index (κ3) is 2.86. The van der Waals surface area contributed by atoms with Gasteiger partial charge < -0.3 is 5.32 Å². The largest absolute Gasteiger partial charge is 0.356 e. The molecular formula is C18H16N2. The molecule has 2 aromatic carbocycles. The summed E-state index contributed by atoms with van der Waals surface area (Å²) in [4.78, 5) is 4.15. The second kappa shape index (κ2) is 5.57. The molecule has 0 spiro atoms. The molecule has 1 N–H and O–H groups in total. The molecule has 0 saturated carbocycles. The molecule has 0 bridgehead atoms. The molecule has 0 saturated heterocycles. The van der Waals surface area contributed by atoms with Gasteiger partial charge in [-0.1, -0.05) is 30.3 Å². The number of nitrogens with zero attached hydrogens (tertiary/aromatic N) is 1. The van der Waals surface area contributed by atoms with E-state index in [2.05, 4.69) is 71.8 Å². The van der Waals surface area contributed by atoms with Crippen molar-refractivity contribution in [1.29, 1.82) is 0 Å². The van der Waals surface area contributed by atoms with Crippen LogP contribution < -0.4 is 5.32 Å². The number of nitrogens with one attached hydrogen (secondary N) is 1. The Bertz CT molecular complexity index is 688. The fourth-order valence-electron chi connectivity index (χ4n) is 2.17. The highest BCUT2D eigenvalue weighted by Crippen LogP contribution is 2.22. The lowest BCUT2D eigenvalue weighted by atomic mass is 10.1. The minimum absolute atomic E-state index is 1.09. The molecule has 3 aromatic rings. The molecule has 0 amide bonds. The number of pyridine rings is 1. The summed E-state index contributed by atoms with van der Waals surface area (Å²) in [5, 5.41) is 3.41. The molecule has 0 unspecified atom stereocenters. The van der Waals surface area contributed by atoms with Crippen molar-refractivity contribution in [1.82, 2.24) is 4.98 Å². The van der Waals surface area contributed by atoms with E-state index >= 15 is 0 Å². The van der Waals surface area contributed by atoms with Gasteiger partial charge in [0, 0.05) is 23.8 Å². The zero-order chi connectivity index (χ0) is 13.8. The first-order valence-electron chi connectivity index (χ1n) is 6.65. The van der Waals surface area contributed by atoms with Crippen molar-refractivity contribution >= 4 is 11.4 Å². The van der Waals surface area contributed by atoms with Crippen molar-refractivity contribution in [2.45, 2.75) is 6.92 Å². The number of benzene rings is 2. The zero-order valence-corrected chi connectivity index (χ0v) is 11.4. The van der Waals surface area contributed by atoms with Crippen molar-refractivity contribution in [2.24, 2.45) is 0 Å². The Balaban J connectivity index is 1.80. The maximum atomic E-state index is 4.15. The van der Waals surface area contributed by atoms with E-state index in [-0.39, 0.29) is 0 Å². The van der Waals surface area contributed by atoms with Crippen LogP contribution in [-0.2, 0) is 0 Å². The third-order valence-electron chi connectivity index (χ3n) is 3.19. The van der Waals surface area contributed by atoms with Crippen LogP contribution in [0.15, 0.2) is 73.1 Å². The second-order valence-electron chi connectivity index (χ2n) is 4.81. The molecule has 2 nitrogen and oxygen atoms in total. The number of hydrogen-bond donors (Lipinski definition) is 1. The molecule has 0 aliphatic heterocycles. The maximum absolute atomic E-state index is 4.15. The topological polar surface area (TPSA) is 24.9 Å². The van der Waals surface area contributed by atoms with Gasteiger partial charge in [0.1, 0.15) is 0 Å². The van der Waals surface area contributed by atoms with E-state index in [1.54, 1.807) is 6.20 Å². The lowest BCUT2D eigenvalue weighted by molar-refractivity contribution is 1.33. The van der Waals surface area contributed by atoms with Crippen LogP contribution in [0.25, 0.3) is 11.1 Å². The van der Waals surface area contributed by atoms with E-state index in [1.165, 1.54) is 11.1 Å². The summed E-state index contributed by atoms with van der Waals surface area (Å²) in [5.41, 5.74) is 5.76. The quantitative estimate of drug-likeness (QED) is 0.731. The fourth-order valence-corrected chi connectivity index (χ4v) is 2.17. The summed E-state index contributed by atoms with van der Waals surface area (Å²) in [6, 6.07) is 20.8. The van der Waals surface area contributed by atoms with Gasteiger partial charge in [-0.05, 0) is 53.9 Å². The van der Waals surface area contributed by atoms with Crippen LogP contribution in [0.4, 0.5) is 11.4 Å². The lowest BCUT2D eigenvalue weighted by Gasteiger charge is -2.08. The van der Waals surface area contributed by atoms with Gasteiger partial charge in [0.15, 0.2) is 0 Å². The Kier molecular flexibility index (Phi) is 3.46. The molecule has 0 radical (unpaired) electrons. The van der Waals surface area contributed by atoms with Crippen LogP contribution in [0.5, 0.6) is 0 Å².